The smallest absolute Gasteiger partial charge is 0.507 e. The normalized spacial score (nSPS) is 27.9. The van der Waals surface area contributed by atoms with Crippen LogP contribution in [0.5, 0.6) is 23.0 Å². The predicted octanol–water partition coefficient (Wildman–Crippen LogP) is -0.340. The Morgan fingerprint density at radius 3 is 1.73 bits per heavy atom. The summed E-state index contributed by atoms with van der Waals surface area (Å²) in [5.41, 5.74) is -1.54. The number of aliphatic hydroxyl groups is 8. The Kier molecular flexibility index (Phi) is 12.6. The Labute approximate surface area is 328 Å². The van der Waals surface area contributed by atoms with Crippen LogP contribution < -0.4 is 5.43 Å². The van der Waals surface area contributed by atoms with Crippen molar-refractivity contribution in [2.45, 2.75) is 88.2 Å². The van der Waals surface area contributed by atoms with Gasteiger partial charge in [0, 0.05) is 12.5 Å². The third kappa shape index (κ3) is 7.28. The van der Waals surface area contributed by atoms with E-state index in [2.05, 4.69) is 0 Å². The molecular weight excluding hydrogens is 792 g/mol. The van der Waals surface area contributed by atoms with E-state index in [0.29, 0.717) is 5.56 Å². The number of phenolic OH excluding ortho intramolecular Hbond substituents is 4. The molecule has 12 N–H and O–H groups in total. The zero-order chi connectivity index (χ0) is 40.4. The second-order valence-electron chi connectivity index (χ2n) is 14.1. The van der Waals surface area contributed by atoms with E-state index in [-0.39, 0.29) is 67.2 Å². The molecule has 305 valence electrons. The number of ether oxygens (including phenoxy) is 2. The van der Waals surface area contributed by atoms with Gasteiger partial charge in [0.25, 0.3) is 0 Å². The number of aromatic hydroxyl groups is 4. The molecule has 1 radical (unpaired) electrons. The fraction of sp³-hybridized carbons (Fsp3) is 0.421. The Hall–Kier alpha value is -4.14. The van der Waals surface area contributed by atoms with Crippen molar-refractivity contribution < 1.29 is 97.0 Å². The maximum Gasteiger partial charge on any atom is 2.00 e. The van der Waals surface area contributed by atoms with Crippen LogP contribution >= 0.6 is 0 Å². The Morgan fingerprint density at radius 1 is 0.661 bits per heavy atom. The summed E-state index contributed by atoms with van der Waals surface area (Å²) < 4.78 is 17.4. The maximum absolute atomic E-state index is 14.1. The largest absolute Gasteiger partial charge is 2.00 e. The van der Waals surface area contributed by atoms with E-state index in [1.165, 1.54) is 32.0 Å². The molecule has 17 nitrogen and oxygen atoms in total. The number of carbonyl (C=O) groups is 1. The van der Waals surface area contributed by atoms with E-state index in [4.69, 9.17) is 13.9 Å². The summed E-state index contributed by atoms with van der Waals surface area (Å²) in [5, 5.41) is 127. The van der Waals surface area contributed by atoms with E-state index in [9.17, 15) is 70.9 Å². The van der Waals surface area contributed by atoms with Crippen molar-refractivity contribution in [1.82, 2.24) is 0 Å². The van der Waals surface area contributed by atoms with E-state index in [1.807, 2.05) is 0 Å². The molecule has 0 amide bonds. The monoisotopic (exact) mass is 833 g/mol. The first kappa shape index (κ1) is 43.0. The SMILES string of the molecule is Cc1cc(O)c(-c2cc(=O)c3c(C)cc(O)c([C@@H]4O[C@H](CO)[C@H](O)[C@H](O)[C@H]4O)c3o2)c(CC(=O)c2c(C)cc(O)c([C@@H]3O[C@H](CO)[C@@H](O)[C@H](O)[C@H]3O)c2O)c1.[Cu+2]. The molecule has 2 aliphatic rings. The third-order valence-corrected chi connectivity index (χ3v) is 10.3. The minimum absolute atomic E-state index is 0. The molecule has 2 saturated heterocycles. The van der Waals surface area contributed by atoms with Crippen LogP contribution in [0.15, 0.2) is 39.5 Å². The van der Waals surface area contributed by atoms with Gasteiger partial charge in [-0.3, -0.25) is 9.59 Å². The summed E-state index contributed by atoms with van der Waals surface area (Å²) in [7, 11) is 0. The molecule has 4 aromatic rings. The number of ketones is 1. The summed E-state index contributed by atoms with van der Waals surface area (Å²) in [6.07, 6.45) is -17.7. The maximum atomic E-state index is 14.1. The van der Waals surface area contributed by atoms with Crippen molar-refractivity contribution in [3.63, 3.8) is 0 Å². The van der Waals surface area contributed by atoms with E-state index in [1.54, 1.807) is 6.92 Å². The second kappa shape index (κ2) is 16.4. The number of rotatable bonds is 8. The fourth-order valence-corrected chi connectivity index (χ4v) is 7.56. The van der Waals surface area contributed by atoms with Gasteiger partial charge in [-0.15, -0.1) is 0 Å². The molecule has 0 spiro atoms. The van der Waals surface area contributed by atoms with Crippen LogP contribution in [0.25, 0.3) is 22.3 Å². The summed E-state index contributed by atoms with van der Waals surface area (Å²) in [5.74, 6) is -3.57. The van der Waals surface area contributed by atoms with Crippen LogP contribution in [0.1, 0.15) is 55.9 Å². The van der Waals surface area contributed by atoms with Crippen LogP contribution in [-0.4, -0.2) is 129 Å². The molecule has 2 aliphatic heterocycles. The second-order valence-corrected chi connectivity index (χ2v) is 14.1. The quantitative estimate of drug-likeness (QED) is 0.0798. The molecule has 0 aliphatic carbocycles. The van der Waals surface area contributed by atoms with Gasteiger partial charge in [-0.1, -0.05) is 6.07 Å². The van der Waals surface area contributed by atoms with Crippen LogP contribution in [0, 0.1) is 20.8 Å². The Morgan fingerprint density at radius 2 is 1.18 bits per heavy atom. The van der Waals surface area contributed by atoms with Crippen LogP contribution in [0.2, 0.25) is 0 Å². The van der Waals surface area contributed by atoms with Crippen molar-refractivity contribution in [3.8, 4) is 34.3 Å². The topological polar surface area (TPSA) is 308 Å². The summed E-state index contributed by atoms with van der Waals surface area (Å²) in [6.45, 7) is 2.92. The first-order chi connectivity index (χ1) is 25.9. The summed E-state index contributed by atoms with van der Waals surface area (Å²) >= 11 is 0. The molecule has 3 heterocycles. The van der Waals surface area contributed by atoms with Crippen molar-refractivity contribution in [2.75, 3.05) is 13.2 Å². The van der Waals surface area contributed by atoms with E-state index < -0.39 is 120 Å². The van der Waals surface area contributed by atoms with Crippen LogP contribution in [0.3, 0.4) is 0 Å². The molecule has 3 aromatic carbocycles. The first-order valence-corrected chi connectivity index (χ1v) is 17.2. The minimum atomic E-state index is -1.91. The van der Waals surface area contributed by atoms with Crippen LogP contribution in [0.4, 0.5) is 0 Å². The van der Waals surface area contributed by atoms with Gasteiger partial charge in [-0.05, 0) is 61.2 Å². The van der Waals surface area contributed by atoms with Gasteiger partial charge in [0.1, 0.15) is 95.4 Å². The van der Waals surface area contributed by atoms with Gasteiger partial charge in [-0.25, -0.2) is 0 Å². The minimum Gasteiger partial charge on any atom is -0.507 e. The van der Waals surface area contributed by atoms with Gasteiger partial charge in [0.2, 0.25) is 0 Å². The number of fused-ring (bicyclic) bond motifs is 1. The number of carbonyl (C=O) groups excluding carboxylic acids is 1. The number of phenols is 4. The van der Waals surface area contributed by atoms with Gasteiger partial charge in [-0.2, -0.15) is 0 Å². The Bertz CT molecular complexity index is 2200. The molecular formula is C38H42CuO17+2. The Balaban J connectivity index is 0.00000600. The van der Waals surface area contributed by atoms with E-state index in [0.717, 1.165) is 12.1 Å². The third-order valence-electron chi connectivity index (χ3n) is 10.3. The molecule has 0 unspecified atom stereocenters. The number of hydrogen-bond donors (Lipinski definition) is 12. The van der Waals surface area contributed by atoms with Crippen molar-refractivity contribution in [3.05, 3.63) is 79.5 Å². The number of aliphatic hydroxyl groups excluding tert-OH is 8. The number of aryl methyl sites for hydroxylation is 3. The van der Waals surface area contributed by atoms with Crippen molar-refractivity contribution in [2.24, 2.45) is 0 Å². The average Bonchev–Trinajstić information content (AvgIpc) is 3.10. The predicted molar refractivity (Wildman–Crippen MR) is 189 cm³/mol. The standard InChI is InChI=1S/C38H42O17.Cu/c1-12-4-15(8-19(44)24-13(2)6-17(42)27(31(24)48)37-34(51)32(49)29(46)22(10-39)54-37)26(16(41)5-12)21-9-20(45)25-14(3)7-18(43)28(36(25)53-21)38-35(52)33(50)30(47)23(11-40)55-38;/h4-7,9,22-23,29-30,32-35,37-43,46-52H,8,10-11H2,1-3H3;/q;+2/t22-,23-,29-,30+,32+,33+,34-,35-,37+,38+;/m1./s1. The molecule has 18 heteroatoms. The molecule has 0 bridgehead atoms. The van der Waals surface area contributed by atoms with Gasteiger partial charge >= 0.3 is 17.1 Å². The van der Waals surface area contributed by atoms with Gasteiger partial charge in [0.05, 0.1) is 40.9 Å². The first-order valence-electron chi connectivity index (χ1n) is 17.2. The van der Waals surface area contributed by atoms with E-state index >= 15 is 0 Å². The number of Topliss-reactive ketones (excluding diaryl/α,β-unsaturated/α-hetero) is 1. The molecule has 56 heavy (non-hydrogen) atoms. The number of hydrogen-bond acceptors (Lipinski definition) is 17. The summed E-state index contributed by atoms with van der Waals surface area (Å²) in [4.78, 5) is 27.9. The van der Waals surface area contributed by atoms with Crippen LogP contribution in [-0.2, 0) is 33.0 Å². The van der Waals surface area contributed by atoms with Crippen molar-refractivity contribution in [1.29, 1.82) is 0 Å². The van der Waals surface area contributed by atoms with Gasteiger partial charge < -0.3 is 75.2 Å². The molecule has 1 aromatic heterocycles. The summed E-state index contributed by atoms with van der Waals surface area (Å²) in [6, 6.07) is 6.15. The average molecular weight is 834 g/mol. The number of benzene rings is 3. The molecule has 0 saturated carbocycles. The molecule has 2 fully saturated rings. The molecule has 10 atom stereocenters. The van der Waals surface area contributed by atoms with Crippen molar-refractivity contribution >= 4 is 16.8 Å². The van der Waals surface area contributed by atoms with Gasteiger partial charge in [0.15, 0.2) is 11.2 Å². The zero-order valence-corrected chi connectivity index (χ0v) is 30.9. The fourth-order valence-electron chi connectivity index (χ4n) is 7.56. The zero-order valence-electron chi connectivity index (χ0n) is 30.0. The molecule has 6 rings (SSSR count).